The lowest BCUT2D eigenvalue weighted by Gasteiger charge is -2.26. The van der Waals surface area contributed by atoms with E-state index in [1.54, 1.807) is 0 Å². The minimum atomic E-state index is 0.923. The number of hydrogen-bond donors (Lipinski definition) is 0. The second-order valence-electron chi connectivity index (χ2n) is 12.9. The summed E-state index contributed by atoms with van der Waals surface area (Å²) in [6.45, 7) is 0. The highest BCUT2D eigenvalue weighted by atomic mass is 32.1. The molecule has 0 bridgehead atoms. The average Bonchev–Trinajstić information content (AvgIpc) is 3.86. The number of para-hydroxylation sites is 1. The zero-order chi connectivity index (χ0) is 32.8. The van der Waals surface area contributed by atoms with Crippen LogP contribution in [0.1, 0.15) is 0 Å². The number of benzene rings is 8. The van der Waals surface area contributed by atoms with E-state index in [0.717, 1.165) is 39.0 Å². The minimum absolute atomic E-state index is 0.923. The molecule has 0 atom stereocenters. The molecule has 0 radical (unpaired) electrons. The fourth-order valence-corrected chi connectivity index (χ4v) is 10.1. The Morgan fingerprint density at radius 1 is 0.440 bits per heavy atom. The predicted octanol–water partition coefficient (Wildman–Crippen LogP) is 14.6. The molecule has 0 aliphatic rings. The summed E-state index contributed by atoms with van der Waals surface area (Å²) in [5.41, 5.74) is 7.72. The Kier molecular flexibility index (Phi) is 6.03. The van der Waals surface area contributed by atoms with Crippen LogP contribution in [0, 0.1) is 0 Å². The van der Waals surface area contributed by atoms with Gasteiger partial charge in [0, 0.05) is 62.5 Å². The molecule has 0 aliphatic heterocycles. The van der Waals surface area contributed by atoms with Crippen molar-refractivity contribution in [3.8, 4) is 11.1 Å². The van der Waals surface area contributed by atoms with Gasteiger partial charge in [0.05, 0.1) is 5.69 Å². The third-order valence-electron chi connectivity index (χ3n) is 10.0. The van der Waals surface area contributed by atoms with Crippen molar-refractivity contribution in [1.82, 2.24) is 0 Å². The van der Waals surface area contributed by atoms with Gasteiger partial charge in [-0.1, -0.05) is 97.1 Å². The van der Waals surface area contributed by atoms with Crippen LogP contribution >= 0.6 is 22.7 Å². The first-order chi connectivity index (χ1) is 24.8. The highest BCUT2D eigenvalue weighted by Gasteiger charge is 2.22. The van der Waals surface area contributed by atoms with Crippen LogP contribution < -0.4 is 4.90 Å². The average molecular weight is 674 g/mol. The Bertz CT molecular complexity index is 3090. The van der Waals surface area contributed by atoms with Gasteiger partial charge in [-0.15, -0.1) is 22.7 Å². The Hall–Kier alpha value is -5.94. The van der Waals surface area contributed by atoms with Crippen LogP contribution in [-0.2, 0) is 0 Å². The van der Waals surface area contributed by atoms with E-state index in [1.807, 2.05) is 22.7 Å². The highest BCUT2D eigenvalue weighted by Crippen LogP contribution is 2.49. The van der Waals surface area contributed by atoms with E-state index in [0.29, 0.717) is 0 Å². The molecule has 8 aromatic carbocycles. The standard InChI is InChI=1S/C46H27NOS2/c1-2-12-31(13-3-1)47(32-22-20-28(21-23-32)33-15-8-16-36-34-14-6-7-18-40(34)50-46(33)36)38-17-9-19-41-43(38)44-42(49-41)25-24-35-37-26-29-10-4-5-11-30(29)27-39(37)48-45(35)44/h1-27H. The van der Waals surface area contributed by atoms with E-state index in [-0.39, 0.29) is 0 Å². The van der Waals surface area contributed by atoms with Crippen molar-refractivity contribution in [2.45, 2.75) is 0 Å². The molecule has 3 aromatic heterocycles. The molecular weight excluding hydrogens is 647 g/mol. The summed E-state index contributed by atoms with van der Waals surface area (Å²) in [7, 11) is 0. The summed E-state index contributed by atoms with van der Waals surface area (Å²) in [4.78, 5) is 2.40. The van der Waals surface area contributed by atoms with Gasteiger partial charge in [-0.2, -0.15) is 0 Å². The van der Waals surface area contributed by atoms with Crippen molar-refractivity contribution in [3.63, 3.8) is 0 Å². The first kappa shape index (κ1) is 28.0. The van der Waals surface area contributed by atoms with Gasteiger partial charge in [0.15, 0.2) is 0 Å². The maximum absolute atomic E-state index is 6.80. The Labute approximate surface area is 295 Å². The smallest absolute Gasteiger partial charge is 0.144 e. The van der Waals surface area contributed by atoms with Crippen LogP contribution in [0.3, 0.4) is 0 Å². The summed E-state index contributed by atoms with van der Waals surface area (Å²) in [6.07, 6.45) is 0. The summed E-state index contributed by atoms with van der Waals surface area (Å²) in [5, 5.41) is 9.75. The first-order valence-corrected chi connectivity index (χ1v) is 18.5. The van der Waals surface area contributed by atoms with Crippen LogP contribution in [0.2, 0.25) is 0 Å². The zero-order valence-electron chi connectivity index (χ0n) is 26.8. The van der Waals surface area contributed by atoms with E-state index in [4.69, 9.17) is 4.42 Å². The fraction of sp³-hybridized carbons (Fsp3) is 0. The molecule has 0 amide bonds. The van der Waals surface area contributed by atoms with E-state index in [9.17, 15) is 0 Å². The molecule has 0 saturated heterocycles. The lowest BCUT2D eigenvalue weighted by Crippen LogP contribution is -2.10. The first-order valence-electron chi connectivity index (χ1n) is 16.8. The van der Waals surface area contributed by atoms with E-state index >= 15 is 0 Å². The molecule has 11 rings (SSSR count). The molecule has 0 fully saturated rings. The Balaban J connectivity index is 1.13. The van der Waals surface area contributed by atoms with Crippen molar-refractivity contribution >= 4 is 113 Å². The van der Waals surface area contributed by atoms with Gasteiger partial charge in [0.25, 0.3) is 0 Å². The second kappa shape index (κ2) is 10.8. The monoisotopic (exact) mass is 673 g/mol. The minimum Gasteiger partial charge on any atom is -0.455 e. The molecular formula is C46H27NOS2. The molecule has 0 unspecified atom stereocenters. The number of nitrogens with zero attached hydrogens (tertiary/aromatic N) is 1. The maximum atomic E-state index is 6.80. The van der Waals surface area contributed by atoms with Crippen molar-refractivity contribution in [2.24, 2.45) is 0 Å². The fourth-order valence-electron chi connectivity index (χ4n) is 7.76. The predicted molar refractivity (Wildman–Crippen MR) is 217 cm³/mol. The van der Waals surface area contributed by atoms with Crippen LogP contribution in [0.5, 0.6) is 0 Å². The van der Waals surface area contributed by atoms with Crippen molar-refractivity contribution in [2.75, 3.05) is 4.90 Å². The summed E-state index contributed by atoms with van der Waals surface area (Å²) >= 11 is 3.70. The van der Waals surface area contributed by atoms with Crippen LogP contribution in [-0.4, -0.2) is 0 Å². The van der Waals surface area contributed by atoms with Crippen molar-refractivity contribution in [1.29, 1.82) is 0 Å². The molecule has 4 heteroatoms. The van der Waals surface area contributed by atoms with Gasteiger partial charge in [0.1, 0.15) is 11.2 Å². The molecule has 11 aromatic rings. The molecule has 234 valence electrons. The van der Waals surface area contributed by atoms with Gasteiger partial charge >= 0.3 is 0 Å². The van der Waals surface area contributed by atoms with E-state index in [2.05, 4.69) is 169 Å². The lowest BCUT2D eigenvalue weighted by atomic mass is 10.0. The molecule has 0 aliphatic carbocycles. The number of thiophene rings is 2. The number of furan rings is 1. The van der Waals surface area contributed by atoms with Gasteiger partial charge < -0.3 is 9.32 Å². The van der Waals surface area contributed by atoms with Crippen LogP contribution in [0.25, 0.3) is 84.2 Å². The van der Waals surface area contributed by atoms with Gasteiger partial charge in [0.2, 0.25) is 0 Å². The van der Waals surface area contributed by atoms with Crippen LogP contribution in [0.15, 0.2) is 168 Å². The molecule has 0 spiro atoms. The third-order valence-corrected chi connectivity index (χ3v) is 12.4. The van der Waals surface area contributed by atoms with Gasteiger partial charge in [-0.25, -0.2) is 0 Å². The number of anilines is 3. The zero-order valence-corrected chi connectivity index (χ0v) is 28.4. The normalized spacial score (nSPS) is 12.0. The van der Waals surface area contributed by atoms with Gasteiger partial charge in [-0.3, -0.25) is 0 Å². The van der Waals surface area contributed by atoms with Crippen LogP contribution in [0.4, 0.5) is 17.1 Å². The number of hydrogen-bond acceptors (Lipinski definition) is 4. The van der Waals surface area contributed by atoms with Gasteiger partial charge in [-0.05, 0) is 88.6 Å². The quantitative estimate of drug-likeness (QED) is 0.185. The molecule has 2 nitrogen and oxygen atoms in total. The number of rotatable bonds is 4. The van der Waals surface area contributed by atoms with E-state index in [1.165, 1.54) is 62.2 Å². The molecule has 0 saturated carbocycles. The van der Waals surface area contributed by atoms with Crippen molar-refractivity contribution < 1.29 is 4.42 Å². The van der Waals surface area contributed by atoms with E-state index < -0.39 is 0 Å². The summed E-state index contributed by atoms with van der Waals surface area (Å²) in [6, 6.07) is 59.3. The highest BCUT2D eigenvalue weighted by molar-refractivity contribution is 7.26. The second-order valence-corrected chi connectivity index (χ2v) is 15.0. The Morgan fingerprint density at radius 3 is 2.02 bits per heavy atom. The molecule has 0 N–H and O–H groups in total. The maximum Gasteiger partial charge on any atom is 0.144 e. The Morgan fingerprint density at radius 2 is 1.14 bits per heavy atom. The molecule has 50 heavy (non-hydrogen) atoms. The molecule has 3 heterocycles. The largest absolute Gasteiger partial charge is 0.455 e. The topological polar surface area (TPSA) is 16.4 Å². The SMILES string of the molecule is c1ccc(N(c2ccc(-c3cccc4c3sc3ccccc34)cc2)c2cccc3sc4ccc5c6cc7ccccc7cc6oc5c4c23)cc1. The summed E-state index contributed by atoms with van der Waals surface area (Å²) in [5.74, 6) is 0. The number of fused-ring (bicyclic) bond motifs is 11. The lowest BCUT2D eigenvalue weighted by molar-refractivity contribution is 0.673. The summed E-state index contributed by atoms with van der Waals surface area (Å²) < 4.78 is 11.9. The third kappa shape index (κ3) is 4.13. The van der Waals surface area contributed by atoms with Crippen molar-refractivity contribution in [3.05, 3.63) is 164 Å².